The SMILES string of the molecule is O=C1OCCN1CCN1C(=O)/C(=C/c2ccc(Cl)cc2)Sc2ccccc21. The Morgan fingerprint density at radius 2 is 1.85 bits per heavy atom. The topological polar surface area (TPSA) is 49.9 Å². The summed E-state index contributed by atoms with van der Waals surface area (Å²) in [6, 6.07) is 15.2. The lowest BCUT2D eigenvalue weighted by molar-refractivity contribution is -0.114. The van der Waals surface area contributed by atoms with Crippen molar-refractivity contribution in [3.8, 4) is 0 Å². The number of rotatable bonds is 4. The summed E-state index contributed by atoms with van der Waals surface area (Å²) < 4.78 is 4.97. The van der Waals surface area contributed by atoms with Crippen LogP contribution in [0.1, 0.15) is 5.56 Å². The summed E-state index contributed by atoms with van der Waals surface area (Å²) in [5, 5.41) is 0.657. The highest BCUT2D eigenvalue weighted by atomic mass is 35.5. The lowest BCUT2D eigenvalue weighted by Crippen LogP contribution is -2.41. The van der Waals surface area contributed by atoms with Gasteiger partial charge in [-0.25, -0.2) is 4.79 Å². The fraction of sp³-hybridized carbons (Fsp3) is 0.200. The third-order valence-corrected chi connectivity index (χ3v) is 5.77. The Bertz CT molecular complexity index is 914. The molecular formula is C20H17ClN2O3S. The van der Waals surface area contributed by atoms with Crippen LogP contribution >= 0.6 is 23.4 Å². The first kappa shape index (κ1) is 17.9. The third-order valence-electron chi connectivity index (χ3n) is 4.44. The first-order valence-corrected chi connectivity index (χ1v) is 9.79. The number of ether oxygens (including phenoxy) is 1. The van der Waals surface area contributed by atoms with Crippen molar-refractivity contribution in [2.45, 2.75) is 4.90 Å². The van der Waals surface area contributed by atoms with Gasteiger partial charge in [-0.3, -0.25) is 4.79 Å². The Morgan fingerprint density at radius 3 is 2.59 bits per heavy atom. The molecule has 7 heteroatoms. The van der Waals surface area contributed by atoms with Crippen molar-refractivity contribution in [3.63, 3.8) is 0 Å². The second-order valence-corrected chi connectivity index (χ2v) is 7.71. The molecule has 1 saturated heterocycles. The number of benzene rings is 2. The van der Waals surface area contributed by atoms with Gasteiger partial charge in [0.2, 0.25) is 0 Å². The number of halogens is 1. The van der Waals surface area contributed by atoms with Gasteiger partial charge in [0.05, 0.1) is 17.1 Å². The van der Waals surface area contributed by atoms with Gasteiger partial charge in [0.25, 0.3) is 5.91 Å². The largest absolute Gasteiger partial charge is 0.448 e. The minimum Gasteiger partial charge on any atom is -0.448 e. The Hall–Kier alpha value is -2.44. The molecule has 0 aliphatic carbocycles. The molecule has 1 fully saturated rings. The highest BCUT2D eigenvalue weighted by molar-refractivity contribution is 8.04. The average molecular weight is 401 g/mol. The predicted octanol–water partition coefficient (Wildman–Crippen LogP) is 4.27. The number of para-hydroxylation sites is 1. The molecule has 0 atom stereocenters. The number of fused-ring (bicyclic) bond motifs is 1. The fourth-order valence-corrected chi connectivity index (χ4v) is 4.23. The number of cyclic esters (lactones) is 1. The van der Waals surface area contributed by atoms with Crippen LogP contribution < -0.4 is 4.90 Å². The molecule has 27 heavy (non-hydrogen) atoms. The van der Waals surface area contributed by atoms with E-state index in [2.05, 4.69) is 0 Å². The maximum atomic E-state index is 13.1. The normalized spacial score (nSPS) is 18.0. The summed E-state index contributed by atoms with van der Waals surface area (Å²) in [5.41, 5.74) is 1.78. The summed E-state index contributed by atoms with van der Waals surface area (Å²) in [5.74, 6) is -0.0683. The van der Waals surface area contributed by atoms with Gasteiger partial charge < -0.3 is 14.5 Å². The van der Waals surface area contributed by atoms with Crippen molar-refractivity contribution in [3.05, 3.63) is 64.0 Å². The van der Waals surface area contributed by atoms with Crippen LogP contribution in [0.2, 0.25) is 5.02 Å². The minimum atomic E-state index is -0.320. The van der Waals surface area contributed by atoms with E-state index in [-0.39, 0.29) is 12.0 Å². The van der Waals surface area contributed by atoms with Gasteiger partial charge in [-0.1, -0.05) is 47.6 Å². The first-order valence-electron chi connectivity index (χ1n) is 8.59. The van der Waals surface area contributed by atoms with E-state index in [4.69, 9.17) is 16.3 Å². The predicted molar refractivity (Wildman–Crippen MR) is 107 cm³/mol. The monoisotopic (exact) mass is 400 g/mol. The number of anilines is 1. The third kappa shape index (κ3) is 3.82. The van der Waals surface area contributed by atoms with Crippen molar-refractivity contribution >= 4 is 47.1 Å². The lowest BCUT2D eigenvalue weighted by Gasteiger charge is -2.31. The quantitative estimate of drug-likeness (QED) is 0.719. The second-order valence-electron chi connectivity index (χ2n) is 6.19. The van der Waals surface area contributed by atoms with Gasteiger partial charge in [-0.2, -0.15) is 0 Å². The molecule has 2 aliphatic rings. The fourth-order valence-electron chi connectivity index (χ4n) is 3.04. The van der Waals surface area contributed by atoms with Crippen molar-refractivity contribution < 1.29 is 14.3 Å². The Morgan fingerprint density at radius 1 is 1.07 bits per heavy atom. The minimum absolute atomic E-state index is 0.0683. The van der Waals surface area contributed by atoms with Crippen LogP contribution in [0.4, 0.5) is 10.5 Å². The van der Waals surface area contributed by atoms with Gasteiger partial charge in [0.1, 0.15) is 6.61 Å². The van der Waals surface area contributed by atoms with Gasteiger partial charge in [-0.15, -0.1) is 0 Å². The highest BCUT2D eigenvalue weighted by Gasteiger charge is 2.30. The van der Waals surface area contributed by atoms with E-state index < -0.39 is 0 Å². The molecule has 2 aromatic rings. The van der Waals surface area contributed by atoms with Gasteiger partial charge >= 0.3 is 6.09 Å². The summed E-state index contributed by atoms with van der Waals surface area (Å²) in [4.78, 5) is 29.8. The van der Waals surface area contributed by atoms with E-state index in [1.807, 2.05) is 42.5 Å². The van der Waals surface area contributed by atoms with E-state index in [0.29, 0.717) is 36.2 Å². The standard InChI is InChI=1S/C20H17ClN2O3S/c21-15-7-5-14(6-8-15)13-18-19(24)23(10-9-22-11-12-26-20(22)25)16-3-1-2-4-17(16)27-18/h1-8,13H,9-12H2/b18-13-. The number of amides is 2. The van der Waals surface area contributed by atoms with Crippen molar-refractivity contribution in [2.24, 2.45) is 0 Å². The Balaban J connectivity index is 1.61. The van der Waals surface area contributed by atoms with Crippen LogP contribution in [0.15, 0.2) is 58.3 Å². The zero-order valence-corrected chi connectivity index (χ0v) is 16.0. The molecule has 2 aromatic carbocycles. The molecule has 0 unspecified atom stereocenters. The Kier molecular flexibility index (Phi) is 5.09. The summed E-state index contributed by atoms with van der Waals surface area (Å²) in [7, 11) is 0. The van der Waals surface area contributed by atoms with Crippen LogP contribution in [0, 0.1) is 0 Å². The zero-order valence-electron chi connectivity index (χ0n) is 14.4. The van der Waals surface area contributed by atoms with E-state index >= 15 is 0 Å². The van der Waals surface area contributed by atoms with Crippen LogP contribution in [0.5, 0.6) is 0 Å². The molecule has 0 aromatic heterocycles. The molecule has 0 N–H and O–H groups in total. The molecular weight excluding hydrogens is 384 g/mol. The van der Waals surface area contributed by atoms with Gasteiger partial charge in [-0.05, 0) is 35.9 Å². The van der Waals surface area contributed by atoms with Crippen LogP contribution in [-0.4, -0.2) is 43.1 Å². The number of thioether (sulfide) groups is 1. The van der Waals surface area contributed by atoms with E-state index in [1.54, 1.807) is 21.9 Å². The molecule has 0 radical (unpaired) electrons. The maximum Gasteiger partial charge on any atom is 0.410 e. The van der Waals surface area contributed by atoms with Gasteiger partial charge in [0.15, 0.2) is 0 Å². The van der Waals surface area contributed by atoms with E-state index in [0.717, 1.165) is 16.1 Å². The molecule has 2 aliphatic heterocycles. The van der Waals surface area contributed by atoms with Crippen LogP contribution in [0.3, 0.4) is 0 Å². The number of hydrogen-bond acceptors (Lipinski definition) is 4. The summed E-state index contributed by atoms with van der Waals surface area (Å²) in [6.45, 7) is 1.83. The average Bonchev–Trinajstić information content (AvgIpc) is 3.08. The molecule has 4 rings (SSSR count). The summed E-state index contributed by atoms with van der Waals surface area (Å²) >= 11 is 7.40. The molecule has 0 spiro atoms. The van der Waals surface area contributed by atoms with Crippen molar-refractivity contribution in [1.82, 2.24) is 4.90 Å². The smallest absolute Gasteiger partial charge is 0.410 e. The van der Waals surface area contributed by atoms with Crippen LogP contribution in [0.25, 0.3) is 6.08 Å². The maximum absolute atomic E-state index is 13.1. The van der Waals surface area contributed by atoms with Crippen molar-refractivity contribution in [1.29, 1.82) is 0 Å². The van der Waals surface area contributed by atoms with E-state index in [1.165, 1.54) is 11.8 Å². The van der Waals surface area contributed by atoms with Crippen LogP contribution in [-0.2, 0) is 9.53 Å². The highest BCUT2D eigenvalue weighted by Crippen LogP contribution is 2.42. The lowest BCUT2D eigenvalue weighted by atomic mass is 10.2. The molecule has 5 nitrogen and oxygen atoms in total. The molecule has 0 bridgehead atoms. The van der Waals surface area contributed by atoms with Gasteiger partial charge in [0, 0.05) is 23.0 Å². The molecule has 0 saturated carbocycles. The number of carbonyl (C=O) groups is 2. The molecule has 2 heterocycles. The molecule has 2 amide bonds. The van der Waals surface area contributed by atoms with Crippen molar-refractivity contribution in [2.75, 3.05) is 31.1 Å². The first-order chi connectivity index (χ1) is 13.1. The van der Waals surface area contributed by atoms with E-state index in [9.17, 15) is 9.59 Å². The summed E-state index contributed by atoms with van der Waals surface area (Å²) in [6.07, 6.45) is 1.55. The molecule has 138 valence electrons. The Labute approximate surface area is 166 Å². The number of nitrogens with zero attached hydrogens (tertiary/aromatic N) is 2. The second kappa shape index (κ2) is 7.66. The zero-order chi connectivity index (χ0) is 18.8. The number of hydrogen-bond donors (Lipinski definition) is 0. The number of carbonyl (C=O) groups excluding carboxylic acids is 2.